The van der Waals surface area contributed by atoms with Crippen molar-refractivity contribution in [2.45, 2.75) is 77.2 Å². The van der Waals surface area contributed by atoms with Gasteiger partial charge in [0.25, 0.3) is 0 Å². The average molecular weight is 486 g/mol. The molecule has 0 saturated heterocycles. The number of benzene rings is 1. The molecule has 2 heterocycles. The van der Waals surface area contributed by atoms with E-state index in [0.29, 0.717) is 22.7 Å². The first-order valence-electron chi connectivity index (χ1n) is 14.0. The molecule has 6 nitrogen and oxygen atoms in total. The fraction of sp³-hybridized carbons (Fsp3) is 0.600. The minimum Gasteiger partial charge on any atom is -0.393 e. The van der Waals surface area contributed by atoms with E-state index in [2.05, 4.69) is 54.5 Å². The lowest BCUT2D eigenvalue weighted by molar-refractivity contribution is -0.117. The molecule has 3 fully saturated rings. The topological polar surface area (TPSA) is 100.0 Å². The van der Waals surface area contributed by atoms with Crippen LogP contribution >= 0.6 is 0 Å². The van der Waals surface area contributed by atoms with Gasteiger partial charge in [-0.2, -0.15) is 0 Å². The van der Waals surface area contributed by atoms with Crippen LogP contribution in [0.2, 0.25) is 0 Å². The van der Waals surface area contributed by atoms with Crippen molar-refractivity contribution in [2.75, 3.05) is 11.2 Å². The van der Waals surface area contributed by atoms with Gasteiger partial charge in [0.1, 0.15) is 12.1 Å². The van der Waals surface area contributed by atoms with E-state index in [1.165, 1.54) is 53.6 Å². The maximum Gasteiger partial charge on any atom is 0.152 e. The van der Waals surface area contributed by atoms with Gasteiger partial charge in [-0.3, -0.25) is 5.41 Å². The maximum absolute atomic E-state index is 10.4. The molecule has 8 atom stereocenters. The second-order valence-corrected chi connectivity index (χ2v) is 12.9. The minimum absolute atomic E-state index is 0.0195. The maximum atomic E-state index is 10.4. The first-order valence-corrected chi connectivity index (χ1v) is 14.0. The summed E-state index contributed by atoms with van der Waals surface area (Å²) in [5, 5.41) is 23.0. The van der Waals surface area contributed by atoms with Gasteiger partial charge < -0.3 is 16.3 Å². The molecule has 1 unspecified atom stereocenters. The van der Waals surface area contributed by atoms with Gasteiger partial charge in [-0.15, -0.1) is 0 Å². The van der Waals surface area contributed by atoms with E-state index >= 15 is 0 Å². The van der Waals surface area contributed by atoms with E-state index in [-0.39, 0.29) is 17.4 Å². The molecule has 0 amide bonds. The Morgan fingerprint density at radius 1 is 1.08 bits per heavy atom. The molecule has 0 bridgehead atoms. The van der Waals surface area contributed by atoms with Gasteiger partial charge in [0, 0.05) is 17.0 Å². The van der Waals surface area contributed by atoms with E-state index < -0.39 is 0 Å². The van der Waals surface area contributed by atoms with Crippen LogP contribution < -0.4 is 16.6 Å². The molecule has 1 aliphatic heterocycles. The normalized spacial score (nSPS) is 40.9. The van der Waals surface area contributed by atoms with Crippen molar-refractivity contribution in [3.05, 3.63) is 64.5 Å². The number of fused-ring (bicyclic) bond motifs is 7. The van der Waals surface area contributed by atoms with Crippen LogP contribution in [0.15, 0.2) is 47.9 Å². The Labute approximate surface area is 213 Å². The molecule has 0 radical (unpaired) electrons. The zero-order valence-corrected chi connectivity index (χ0v) is 21.5. The molecule has 6 heteroatoms. The number of nitrogen functional groups attached to an aromatic ring is 1. The highest BCUT2D eigenvalue weighted by Crippen LogP contribution is 2.68. The van der Waals surface area contributed by atoms with Crippen LogP contribution in [-0.4, -0.2) is 20.9 Å². The lowest BCUT2D eigenvalue weighted by Gasteiger charge is -2.60. The van der Waals surface area contributed by atoms with Crippen molar-refractivity contribution in [2.24, 2.45) is 34.5 Å². The molecule has 1 aromatic heterocycles. The molecule has 7 rings (SSSR count). The SMILES string of the molecule is C[C@]12CC[C@H](O)C[C@@H]1CC[C@@H]1[C@@H]2CC[C@]2(C)C3=C(C[C@@H]12)C(c1ccccc1)c1c(ncn(N)c1=N)N3. The number of aromatic nitrogens is 2. The predicted octanol–water partition coefficient (Wildman–Crippen LogP) is 4.90. The summed E-state index contributed by atoms with van der Waals surface area (Å²) in [6.45, 7) is 5.06. The molecule has 2 aromatic rings. The summed E-state index contributed by atoms with van der Waals surface area (Å²) in [6.07, 6.45) is 10.7. The smallest absolute Gasteiger partial charge is 0.152 e. The Kier molecular flexibility index (Phi) is 4.83. The number of nitrogens with two attached hydrogens (primary N) is 1. The monoisotopic (exact) mass is 485 g/mol. The fourth-order valence-corrected chi connectivity index (χ4v) is 9.61. The number of aliphatic hydroxyl groups is 1. The van der Waals surface area contributed by atoms with Crippen molar-refractivity contribution in [1.82, 2.24) is 9.66 Å². The summed E-state index contributed by atoms with van der Waals surface area (Å²) in [6, 6.07) is 10.7. The number of hydrogen-bond donors (Lipinski definition) is 4. The molecule has 190 valence electrons. The third kappa shape index (κ3) is 2.94. The highest BCUT2D eigenvalue weighted by Gasteiger charge is 2.61. The van der Waals surface area contributed by atoms with Gasteiger partial charge in [0.05, 0.1) is 11.7 Å². The first kappa shape index (κ1) is 22.6. The molecular formula is C30H39N5O. The molecular weight excluding hydrogens is 446 g/mol. The predicted molar refractivity (Wildman–Crippen MR) is 140 cm³/mol. The van der Waals surface area contributed by atoms with Gasteiger partial charge in [-0.1, -0.05) is 44.2 Å². The van der Waals surface area contributed by atoms with Gasteiger partial charge in [0.2, 0.25) is 0 Å². The van der Waals surface area contributed by atoms with Crippen LogP contribution in [0.1, 0.15) is 82.3 Å². The van der Waals surface area contributed by atoms with Crippen molar-refractivity contribution in [3.8, 4) is 0 Å². The number of rotatable bonds is 1. The van der Waals surface area contributed by atoms with Crippen LogP contribution in [-0.2, 0) is 0 Å². The number of nitrogens with one attached hydrogen (secondary N) is 2. The summed E-state index contributed by atoms with van der Waals surface area (Å²) in [4.78, 5) is 4.69. The quantitative estimate of drug-likeness (QED) is 0.432. The Morgan fingerprint density at radius 2 is 1.89 bits per heavy atom. The number of aliphatic hydroxyl groups excluding tert-OH is 1. The van der Waals surface area contributed by atoms with Crippen LogP contribution in [0.25, 0.3) is 0 Å². The van der Waals surface area contributed by atoms with Gasteiger partial charge in [-0.05, 0) is 91.6 Å². The van der Waals surface area contributed by atoms with Crippen molar-refractivity contribution in [3.63, 3.8) is 0 Å². The standard InChI is InChI=1S/C30H39N5O/c1-29-12-10-19(36)14-18(29)8-9-20-22(29)11-13-30(2)23(20)15-21-24(17-6-4-3-5-7-17)25-27(31)35(32)16-33-28(25)34-26(21)30/h3-7,16,18-20,22-24,31,34,36H,8-15,32H2,1-2H3/t18-,19-,20+,22-,23-,24?,29-,30-/m0/s1. The summed E-state index contributed by atoms with van der Waals surface area (Å²) >= 11 is 0. The Hall–Kier alpha value is -2.60. The van der Waals surface area contributed by atoms with E-state index in [1.54, 1.807) is 6.33 Å². The van der Waals surface area contributed by atoms with Crippen molar-refractivity contribution >= 4 is 5.82 Å². The summed E-state index contributed by atoms with van der Waals surface area (Å²) < 4.78 is 1.35. The Balaban J connectivity index is 1.31. The average Bonchev–Trinajstić information content (AvgIpc) is 3.18. The molecule has 0 spiro atoms. The molecule has 3 saturated carbocycles. The van der Waals surface area contributed by atoms with E-state index in [0.717, 1.165) is 42.5 Å². The van der Waals surface area contributed by atoms with Crippen molar-refractivity contribution < 1.29 is 5.11 Å². The van der Waals surface area contributed by atoms with Crippen LogP contribution in [0, 0.1) is 39.9 Å². The van der Waals surface area contributed by atoms with Gasteiger partial charge in [-0.25, -0.2) is 9.66 Å². The zero-order chi connectivity index (χ0) is 24.8. The fourth-order valence-electron chi connectivity index (χ4n) is 9.61. The van der Waals surface area contributed by atoms with Crippen molar-refractivity contribution in [1.29, 1.82) is 5.41 Å². The molecule has 1 aromatic carbocycles. The molecule has 36 heavy (non-hydrogen) atoms. The van der Waals surface area contributed by atoms with Crippen LogP contribution in [0.3, 0.4) is 0 Å². The minimum atomic E-state index is -0.0971. The first-order chi connectivity index (χ1) is 17.3. The number of nitrogens with zero attached hydrogens (tertiary/aromatic N) is 2. The third-order valence-electron chi connectivity index (χ3n) is 11.5. The highest BCUT2D eigenvalue weighted by atomic mass is 16.3. The van der Waals surface area contributed by atoms with Gasteiger partial charge in [0.15, 0.2) is 5.49 Å². The third-order valence-corrected chi connectivity index (χ3v) is 11.5. The van der Waals surface area contributed by atoms with E-state index in [1.807, 2.05) is 0 Å². The molecule has 5 aliphatic rings. The largest absolute Gasteiger partial charge is 0.393 e. The Bertz CT molecular complexity index is 1300. The Morgan fingerprint density at radius 3 is 2.69 bits per heavy atom. The number of hydrogen-bond acceptors (Lipinski definition) is 5. The lowest BCUT2D eigenvalue weighted by Crippen LogP contribution is -2.53. The molecule has 5 N–H and O–H groups in total. The summed E-state index contributed by atoms with van der Waals surface area (Å²) in [7, 11) is 0. The lowest BCUT2D eigenvalue weighted by atomic mass is 9.45. The molecule has 4 aliphatic carbocycles. The number of allylic oxidation sites excluding steroid dienone is 2. The van der Waals surface area contributed by atoms with E-state index in [4.69, 9.17) is 11.3 Å². The van der Waals surface area contributed by atoms with Crippen LogP contribution in [0.5, 0.6) is 0 Å². The second-order valence-electron chi connectivity index (χ2n) is 12.9. The highest BCUT2D eigenvalue weighted by molar-refractivity contribution is 5.64. The second kappa shape index (κ2) is 7.70. The number of anilines is 1. The zero-order valence-electron chi connectivity index (χ0n) is 21.5. The van der Waals surface area contributed by atoms with E-state index in [9.17, 15) is 5.11 Å². The van der Waals surface area contributed by atoms with Crippen LogP contribution in [0.4, 0.5) is 5.82 Å². The summed E-state index contributed by atoms with van der Waals surface area (Å²) in [5.74, 6) is 9.71. The summed E-state index contributed by atoms with van der Waals surface area (Å²) in [5.41, 5.74) is 5.76. The van der Waals surface area contributed by atoms with Gasteiger partial charge >= 0.3 is 0 Å².